The number of anilines is 1. The van der Waals surface area contributed by atoms with E-state index in [0.29, 0.717) is 18.2 Å². The molecule has 7 heteroatoms. The lowest BCUT2D eigenvalue weighted by molar-refractivity contribution is 0.560. The van der Waals surface area contributed by atoms with Gasteiger partial charge in [-0.3, -0.25) is 0 Å². The van der Waals surface area contributed by atoms with E-state index in [1.54, 1.807) is 13.8 Å². The third-order valence-corrected chi connectivity index (χ3v) is 2.53. The Bertz CT molecular complexity index is 594. The zero-order valence-electron chi connectivity index (χ0n) is 11.0. The first-order valence-electron chi connectivity index (χ1n) is 6.03. The summed E-state index contributed by atoms with van der Waals surface area (Å²) in [4.78, 5) is 8.03. The highest BCUT2D eigenvalue weighted by Crippen LogP contribution is 2.18. The number of aromatic nitrogens is 4. The average Bonchev–Trinajstić information content (AvgIpc) is 2.67. The van der Waals surface area contributed by atoms with Crippen LogP contribution < -0.4 is 5.32 Å². The first kappa shape index (κ1) is 13.4. The van der Waals surface area contributed by atoms with Gasteiger partial charge in [0.1, 0.15) is 11.6 Å². The van der Waals surface area contributed by atoms with E-state index in [9.17, 15) is 8.78 Å². The summed E-state index contributed by atoms with van der Waals surface area (Å²) < 4.78 is 28.6. The molecule has 0 spiro atoms. The molecule has 0 fully saturated rings. The van der Waals surface area contributed by atoms with Crippen molar-refractivity contribution in [2.24, 2.45) is 0 Å². The van der Waals surface area contributed by atoms with Crippen molar-refractivity contribution in [3.8, 4) is 5.82 Å². The Morgan fingerprint density at radius 2 is 1.95 bits per heavy atom. The van der Waals surface area contributed by atoms with Crippen molar-refractivity contribution in [3.05, 3.63) is 29.3 Å². The fraction of sp³-hybridized carbons (Fsp3) is 0.417. The number of halogens is 2. The number of rotatable bonds is 4. The molecule has 19 heavy (non-hydrogen) atoms. The lowest BCUT2D eigenvalue weighted by Crippen LogP contribution is -2.11. The monoisotopic (exact) mass is 267 g/mol. The first-order valence-corrected chi connectivity index (χ1v) is 6.03. The highest BCUT2D eigenvalue weighted by Gasteiger charge is 2.16. The number of hydrogen-bond acceptors (Lipinski definition) is 4. The highest BCUT2D eigenvalue weighted by molar-refractivity contribution is 5.42. The molecule has 2 heterocycles. The third kappa shape index (κ3) is 2.69. The van der Waals surface area contributed by atoms with Crippen molar-refractivity contribution in [3.63, 3.8) is 0 Å². The maximum Gasteiger partial charge on any atom is 0.193 e. The first-order chi connectivity index (χ1) is 9.02. The van der Waals surface area contributed by atoms with E-state index in [0.717, 1.165) is 12.5 Å². The molecular formula is C12H15F2N5. The largest absolute Gasteiger partial charge is 0.368 e. The van der Waals surface area contributed by atoms with E-state index in [1.165, 1.54) is 4.68 Å². The van der Waals surface area contributed by atoms with Gasteiger partial charge in [-0.05, 0) is 20.3 Å². The van der Waals surface area contributed by atoms with Gasteiger partial charge in [0.25, 0.3) is 0 Å². The molecular weight excluding hydrogens is 252 g/mol. The van der Waals surface area contributed by atoms with Gasteiger partial charge >= 0.3 is 0 Å². The molecule has 0 saturated heterocycles. The summed E-state index contributed by atoms with van der Waals surface area (Å²) in [5.41, 5.74) is 0. The van der Waals surface area contributed by atoms with Crippen LogP contribution in [0.2, 0.25) is 0 Å². The molecule has 0 radical (unpaired) electrons. The number of pyridine rings is 1. The molecule has 2 aromatic rings. The molecule has 2 aromatic heterocycles. The second-order valence-corrected chi connectivity index (χ2v) is 4.17. The Morgan fingerprint density at radius 3 is 2.53 bits per heavy atom. The molecule has 0 amide bonds. The zero-order valence-corrected chi connectivity index (χ0v) is 11.0. The van der Waals surface area contributed by atoms with E-state index in [4.69, 9.17) is 0 Å². The number of nitrogens with zero attached hydrogens (tertiary/aromatic N) is 4. The van der Waals surface area contributed by atoms with Crippen LogP contribution in [0.5, 0.6) is 0 Å². The van der Waals surface area contributed by atoms with E-state index >= 15 is 0 Å². The van der Waals surface area contributed by atoms with Gasteiger partial charge in [0, 0.05) is 12.6 Å². The molecule has 0 saturated carbocycles. The summed E-state index contributed by atoms with van der Waals surface area (Å²) in [6.45, 7) is 5.88. The third-order valence-electron chi connectivity index (χ3n) is 2.53. The summed E-state index contributed by atoms with van der Waals surface area (Å²) >= 11 is 0. The Morgan fingerprint density at radius 1 is 1.21 bits per heavy atom. The second kappa shape index (κ2) is 5.29. The van der Waals surface area contributed by atoms with Gasteiger partial charge < -0.3 is 5.32 Å². The summed E-state index contributed by atoms with van der Waals surface area (Å²) in [6.07, 6.45) is 0.815. The van der Waals surface area contributed by atoms with Crippen molar-refractivity contribution >= 4 is 5.82 Å². The van der Waals surface area contributed by atoms with Gasteiger partial charge in [-0.1, -0.05) is 6.92 Å². The van der Waals surface area contributed by atoms with Gasteiger partial charge in [0.2, 0.25) is 0 Å². The molecule has 0 aliphatic carbocycles. The van der Waals surface area contributed by atoms with Crippen LogP contribution in [0, 0.1) is 25.5 Å². The van der Waals surface area contributed by atoms with Gasteiger partial charge in [0.15, 0.2) is 23.3 Å². The lowest BCUT2D eigenvalue weighted by Gasteiger charge is -2.09. The predicted octanol–water partition coefficient (Wildman–Crippen LogP) is 2.38. The molecule has 0 bridgehead atoms. The molecule has 0 atom stereocenters. The van der Waals surface area contributed by atoms with Gasteiger partial charge in [-0.15, -0.1) is 5.10 Å². The van der Waals surface area contributed by atoms with E-state index in [2.05, 4.69) is 20.4 Å². The van der Waals surface area contributed by atoms with Crippen molar-refractivity contribution in [1.29, 1.82) is 0 Å². The topological polar surface area (TPSA) is 55.6 Å². The fourth-order valence-corrected chi connectivity index (χ4v) is 1.69. The Labute approximate surface area is 109 Å². The fourth-order valence-electron chi connectivity index (χ4n) is 1.69. The minimum absolute atomic E-state index is 0.0193. The van der Waals surface area contributed by atoms with Crippen LogP contribution in [-0.2, 0) is 0 Å². The summed E-state index contributed by atoms with van der Waals surface area (Å²) in [7, 11) is 0. The zero-order chi connectivity index (χ0) is 14.0. The van der Waals surface area contributed by atoms with Crippen LogP contribution in [0.25, 0.3) is 5.82 Å². The lowest BCUT2D eigenvalue weighted by atomic mass is 10.3. The van der Waals surface area contributed by atoms with E-state index in [1.807, 2.05) is 6.92 Å². The quantitative estimate of drug-likeness (QED) is 0.924. The Hall–Kier alpha value is -2.05. The SMILES string of the molecule is CCCNc1nc(-n2nc(C)nc2C)c(F)cc1F. The second-order valence-electron chi connectivity index (χ2n) is 4.17. The molecule has 5 nitrogen and oxygen atoms in total. The Kier molecular flexibility index (Phi) is 3.73. The number of nitrogens with one attached hydrogen (secondary N) is 1. The molecule has 1 N–H and O–H groups in total. The average molecular weight is 267 g/mol. The molecule has 0 unspecified atom stereocenters. The van der Waals surface area contributed by atoms with Gasteiger partial charge in [0.05, 0.1) is 0 Å². The molecule has 102 valence electrons. The molecule has 2 rings (SSSR count). The highest BCUT2D eigenvalue weighted by atomic mass is 19.1. The van der Waals surface area contributed by atoms with Crippen molar-refractivity contribution in [1.82, 2.24) is 19.7 Å². The maximum atomic E-state index is 13.8. The van der Waals surface area contributed by atoms with Crippen molar-refractivity contribution in [2.45, 2.75) is 27.2 Å². The van der Waals surface area contributed by atoms with Crippen LogP contribution in [0.1, 0.15) is 25.0 Å². The van der Waals surface area contributed by atoms with Crippen LogP contribution in [0.4, 0.5) is 14.6 Å². The van der Waals surface area contributed by atoms with Gasteiger partial charge in [-0.2, -0.15) is 4.68 Å². The smallest absolute Gasteiger partial charge is 0.193 e. The molecule has 0 aromatic carbocycles. The summed E-state index contributed by atoms with van der Waals surface area (Å²) in [6, 6.07) is 0.802. The standard InChI is InChI=1S/C12H15F2N5/c1-4-5-15-11-9(13)6-10(14)12(17-11)19-8(3)16-7(2)18-19/h6H,4-5H2,1-3H3,(H,15,17). The number of aryl methyl sites for hydroxylation is 2. The normalized spacial score (nSPS) is 10.8. The van der Waals surface area contributed by atoms with Crippen molar-refractivity contribution in [2.75, 3.05) is 11.9 Å². The van der Waals surface area contributed by atoms with Crippen molar-refractivity contribution < 1.29 is 8.78 Å². The summed E-state index contributed by atoms with van der Waals surface area (Å²) in [5, 5.41) is 6.86. The van der Waals surface area contributed by atoms with Crippen LogP contribution in [-0.4, -0.2) is 26.3 Å². The number of hydrogen-bond donors (Lipinski definition) is 1. The van der Waals surface area contributed by atoms with Gasteiger partial charge in [-0.25, -0.2) is 18.7 Å². The molecule has 0 aliphatic rings. The van der Waals surface area contributed by atoms with E-state index in [-0.39, 0.29) is 11.6 Å². The van der Waals surface area contributed by atoms with Crippen LogP contribution >= 0.6 is 0 Å². The maximum absolute atomic E-state index is 13.8. The minimum atomic E-state index is -0.771. The Balaban J connectivity index is 2.48. The molecule has 0 aliphatic heterocycles. The minimum Gasteiger partial charge on any atom is -0.368 e. The predicted molar refractivity (Wildman–Crippen MR) is 67.3 cm³/mol. The van der Waals surface area contributed by atoms with E-state index < -0.39 is 11.6 Å². The van der Waals surface area contributed by atoms with Crippen LogP contribution in [0.3, 0.4) is 0 Å². The van der Waals surface area contributed by atoms with Crippen LogP contribution in [0.15, 0.2) is 6.07 Å². The summed E-state index contributed by atoms with van der Waals surface area (Å²) in [5.74, 6) is -0.524.